The maximum Gasteiger partial charge on any atom is 0.328 e. The van der Waals surface area contributed by atoms with Crippen LogP contribution >= 0.6 is 11.6 Å². The second kappa shape index (κ2) is 9.11. The van der Waals surface area contributed by atoms with E-state index in [9.17, 15) is 4.79 Å². The van der Waals surface area contributed by atoms with E-state index in [2.05, 4.69) is 20.8 Å². The number of ether oxygens (including phenoxy) is 3. The number of methoxy groups -OCH3 is 2. The number of hydrazine groups is 1. The lowest BCUT2D eigenvalue weighted by atomic mass is 10.2. The van der Waals surface area contributed by atoms with Crippen LogP contribution in [0, 0.1) is 6.92 Å². The molecule has 0 radical (unpaired) electrons. The number of rotatable bonds is 7. The fourth-order valence-electron chi connectivity index (χ4n) is 2.41. The van der Waals surface area contributed by atoms with Gasteiger partial charge in [-0.2, -0.15) is 9.97 Å². The first-order valence-corrected chi connectivity index (χ1v) is 8.95. The molecular formula is C20H19ClN4O4. The number of carbonyl (C=O) groups excluding carboxylic acids is 1. The number of anilines is 1. The van der Waals surface area contributed by atoms with Crippen LogP contribution in [0.15, 0.2) is 48.5 Å². The number of nitrogens with zero attached hydrogens (tertiary/aromatic N) is 2. The van der Waals surface area contributed by atoms with Crippen LogP contribution in [-0.4, -0.2) is 30.1 Å². The molecule has 0 saturated carbocycles. The molecule has 0 atom stereocenters. The summed E-state index contributed by atoms with van der Waals surface area (Å²) in [5.41, 5.74) is 7.29. The number of nitrogens with one attached hydrogen (secondary N) is 2. The molecule has 0 unspecified atom stereocenters. The van der Waals surface area contributed by atoms with Crippen molar-refractivity contribution in [3.8, 4) is 23.5 Å². The zero-order chi connectivity index (χ0) is 20.8. The summed E-state index contributed by atoms with van der Waals surface area (Å²) in [6.07, 6.45) is 0. The Kier molecular flexibility index (Phi) is 6.36. The molecule has 8 nitrogen and oxygen atoms in total. The average molecular weight is 415 g/mol. The van der Waals surface area contributed by atoms with Crippen LogP contribution in [0.5, 0.6) is 23.5 Å². The number of para-hydroxylation sites is 1. The highest BCUT2D eigenvalue weighted by atomic mass is 35.5. The summed E-state index contributed by atoms with van der Waals surface area (Å²) in [5.74, 6) is 0.401. The predicted molar refractivity (Wildman–Crippen MR) is 109 cm³/mol. The summed E-state index contributed by atoms with van der Waals surface area (Å²) in [6.45, 7) is 1.85. The number of amides is 1. The zero-order valence-corrected chi connectivity index (χ0v) is 16.8. The van der Waals surface area contributed by atoms with E-state index in [-0.39, 0.29) is 29.1 Å². The van der Waals surface area contributed by atoms with Gasteiger partial charge in [0.1, 0.15) is 5.75 Å². The Morgan fingerprint density at radius 3 is 2.38 bits per heavy atom. The molecule has 1 aromatic heterocycles. The molecule has 0 spiro atoms. The van der Waals surface area contributed by atoms with Gasteiger partial charge in [0.15, 0.2) is 0 Å². The number of hydrogen-bond acceptors (Lipinski definition) is 7. The number of carbonyl (C=O) groups is 1. The minimum absolute atomic E-state index is 0.0138. The summed E-state index contributed by atoms with van der Waals surface area (Å²) < 4.78 is 15.9. The highest BCUT2D eigenvalue weighted by molar-refractivity contribution is 6.31. The Labute approximate surface area is 172 Å². The normalized spacial score (nSPS) is 10.2. The maximum absolute atomic E-state index is 12.7. The van der Waals surface area contributed by atoms with Crippen LogP contribution in [0.25, 0.3) is 0 Å². The first kappa shape index (κ1) is 20.2. The zero-order valence-electron chi connectivity index (χ0n) is 16.0. The van der Waals surface area contributed by atoms with Gasteiger partial charge in [-0.25, -0.2) is 0 Å². The fourth-order valence-corrected chi connectivity index (χ4v) is 2.59. The molecule has 3 rings (SSSR count). The van der Waals surface area contributed by atoms with Gasteiger partial charge >= 0.3 is 6.01 Å². The summed E-state index contributed by atoms with van der Waals surface area (Å²) in [7, 11) is 2.94. The maximum atomic E-state index is 12.7. The van der Waals surface area contributed by atoms with Crippen molar-refractivity contribution in [2.24, 2.45) is 0 Å². The van der Waals surface area contributed by atoms with E-state index in [0.717, 1.165) is 5.56 Å². The molecular weight excluding hydrogens is 396 g/mol. The van der Waals surface area contributed by atoms with Gasteiger partial charge in [0.2, 0.25) is 11.8 Å². The van der Waals surface area contributed by atoms with Crippen molar-refractivity contribution < 1.29 is 19.0 Å². The molecule has 29 heavy (non-hydrogen) atoms. The van der Waals surface area contributed by atoms with E-state index in [4.69, 9.17) is 25.8 Å². The third-order valence-electron chi connectivity index (χ3n) is 3.99. The summed E-state index contributed by atoms with van der Waals surface area (Å²) >= 11 is 6.10. The molecule has 9 heteroatoms. The first-order chi connectivity index (χ1) is 14.0. The molecule has 0 aliphatic heterocycles. The standard InChI is InChI=1S/C20H19ClN4O4/c1-12-14(21)8-6-9-15(12)24-25-19(26)13-7-4-5-10-16(13)29-20-22-17(27-2)11-18(23-20)28-3/h4-11,24H,1-3H3,(H,25,26). The van der Waals surface area contributed by atoms with Crippen molar-refractivity contribution in [2.75, 3.05) is 19.6 Å². The van der Waals surface area contributed by atoms with Crippen LogP contribution in [-0.2, 0) is 0 Å². The van der Waals surface area contributed by atoms with E-state index in [0.29, 0.717) is 10.7 Å². The molecule has 3 aromatic rings. The van der Waals surface area contributed by atoms with Crippen LogP contribution in [0.2, 0.25) is 5.02 Å². The summed E-state index contributed by atoms with van der Waals surface area (Å²) in [5, 5.41) is 0.595. The number of aromatic nitrogens is 2. The number of benzene rings is 2. The molecule has 0 bridgehead atoms. The Hall–Kier alpha value is -3.52. The molecule has 2 N–H and O–H groups in total. The Morgan fingerprint density at radius 2 is 1.69 bits per heavy atom. The molecule has 0 aliphatic carbocycles. The molecule has 0 aliphatic rings. The van der Waals surface area contributed by atoms with Gasteiger partial charge in [0.05, 0.1) is 31.5 Å². The lowest BCUT2D eigenvalue weighted by Crippen LogP contribution is -2.30. The quantitative estimate of drug-likeness (QED) is 0.564. The minimum Gasteiger partial charge on any atom is -0.481 e. The molecule has 150 valence electrons. The van der Waals surface area contributed by atoms with Crippen LogP contribution < -0.4 is 25.1 Å². The number of hydrogen-bond donors (Lipinski definition) is 2. The van der Waals surface area contributed by atoms with Gasteiger partial charge in [0.25, 0.3) is 5.91 Å². The van der Waals surface area contributed by atoms with Crippen molar-refractivity contribution >= 4 is 23.2 Å². The van der Waals surface area contributed by atoms with Crippen molar-refractivity contribution in [3.05, 3.63) is 64.7 Å². The molecule has 0 saturated heterocycles. The van der Waals surface area contributed by atoms with Crippen molar-refractivity contribution in [1.29, 1.82) is 0 Å². The third-order valence-corrected chi connectivity index (χ3v) is 4.40. The van der Waals surface area contributed by atoms with Crippen molar-refractivity contribution in [1.82, 2.24) is 15.4 Å². The molecule has 2 aromatic carbocycles. The summed E-state index contributed by atoms with van der Waals surface area (Å²) in [4.78, 5) is 20.9. The first-order valence-electron chi connectivity index (χ1n) is 8.57. The highest BCUT2D eigenvalue weighted by Crippen LogP contribution is 2.27. The van der Waals surface area contributed by atoms with Crippen LogP contribution in [0.3, 0.4) is 0 Å². The largest absolute Gasteiger partial charge is 0.481 e. The lowest BCUT2D eigenvalue weighted by Gasteiger charge is -2.14. The van der Waals surface area contributed by atoms with Crippen LogP contribution in [0.4, 0.5) is 5.69 Å². The second-order valence-electron chi connectivity index (χ2n) is 5.82. The van der Waals surface area contributed by atoms with Crippen molar-refractivity contribution in [3.63, 3.8) is 0 Å². The van der Waals surface area contributed by atoms with E-state index in [1.54, 1.807) is 42.5 Å². The van der Waals surface area contributed by atoms with Gasteiger partial charge in [-0.1, -0.05) is 29.8 Å². The predicted octanol–water partition coefficient (Wildman–Crippen LogP) is 4.00. The lowest BCUT2D eigenvalue weighted by molar-refractivity contribution is 0.0960. The fraction of sp³-hybridized carbons (Fsp3) is 0.150. The van der Waals surface area contributed by atoms with Gasteiger partial charge in [-0.05, 0) is 36.8 Å². The topological polar surface area (TPSA) is 94.6 Å². The molecule has 0 fully saturated rings. The smallest absolute Gasteiger partial charge is 0.328 e. The Morgan fingerprint density at radius 1 is 1.00 bits per heavy atom. The SMILES string of the molecule is COc1cc(OC)nc(Oc2ccccc2C(=O)NNc2cccc(Cl)c2C)n1. The van der Waals surface area contributed by atoms with Crippen molar-refractivity contribution in [2.45, 2.75) is 6.92 Å². The van der Waals surface area contributed by atoms with E-state index in [1.807, 2.05) is 6.92 Å². The minimum atomic E-state index is -0.408. The Balaban J connectivity index is 1.80. The van der Waals surface area contributed by atoms with E-state index < -0.39 is 5.91 Å². The van der Waals surface area contributed by atoms with E-state index >= 15 is 0 Å². The molecule has 1 amide bonds. The van der Waals surface area contributed by atoms with Gasteiger partial charge in [-0.3, -0.25) is 15.6 Å². The Bertz CT molecular complexity index is 1010. The van der Waals surface area contributed by atoms with Gasteiger partial charge in [-0.15, -0.1) is 0 Å². The van der Waals surface area contributed by atoms with Crippen LogP contribution in [0.1, 0.15) is 15.9 Å². The monoisotopic (exact) mass is 414 g/mol. The van der Waals surface area contributed by atoms with Gasteiger partial charge < -0.3 is 14.2 Å². The highest BCUT2D eigenvalue weighted by Gasteiger charge is 2.15. The third kappa shape index (κ3) is 4.85. The van der Waals surface area contributed by atoms with Gasteiger partial charge in [0, 0.05) is 5.02 Å². The number of halogens is 1. The van der Waals surface area contributed by atoms with E-state index in [1.165, 1.54) is 20.3 Å². The summed E-state index contributed by atoms with van der Waals surface area (Å²) in [6, 6.07) is 13.6. The average Bonchev–Trinajstić information content (AvgIpc) is 2.74. The second-order valence-corrected chi connectivity index (χ2v) is 6.23. The molecule has 1 heterocycles.